The largest absolute Gasteiger partial charge is 0.383 e. The van der Waals surface area contributed by atoms with Gasteiger partial charge in [-0.3, -0.25) is 0 Å². The summed E-state index contributed by atoms with van der Waals surface area (Å²) in [6.45, 7) is 8.73. The van der Waals surface area contributed by atoms with E-state index in [1.54, 1.807) is 0 Å². The minimum atomic E-state index is 0.705. The number of anilines is 1. The Bertz CT molecular complexity index is 582. The van der Waals surface area contributed by atoms with Crippen LogP contribution in [0.4, 0.5) is 5.82 Å². The molecule has 0 aliphatic rings. The van der Waals surface area contributed by atoms with E-state index in [0.717, 1.165) is 35.7 Å². The topological polar surface area (TPSA) is 43.8 Å². The molecule has 1 heterocycles. The highest BCUT2D eigenvalue weighted by Crippen LogP contribution is 2.29. The maximum Gasteiger partial charge on any atom is 0.132 e. The lowest BCUT2D eigenvalue weighted by atomic mass is 10.0. The van der Waals surface area contributed by atoms with Gasteiger partial charge in [-0.25, -0.2) is 4.98 Å². The van der Waals surface area contributed by atoms with E-state index < -0.39 is 0 Å². The summed E-state index contributed by atoms with van der Waals surface area (Å²) in [5.74, 6) is 1.75. The van der Waals surface area contributed by atoms with Crippen molar-refractivity contribution in [1.82, 2.24) is 9.55 Å². The van der Waals surface area contributed by atoms with Gasteiger partial charge in [0.1, 0.15) is 17.3 Å². The van der Waals surface area contributed by atoms with Crippen LogP contribution in [-0.2, 0) is 19.4 Å². The average Bonchev–Trinajstić information content (AvgIpc) is 2.76. The molecule has 0 amide bonds. The maximum atomic E-state index is 6.27. The summed E-state index contributed by atoms with van der Waals surface area (Å²) in [7, 11) is 0. The van der Waals surface area contributed by atoms with Crippen LogP contribution in [0, 0.1) is 0 Å². The van der Waals surface area contributed by atoms with Gasteiger partial charge in [-0.15, -0.1) is 6.58 Å². The van der Waals surface area contributed by atoms with Crippen LogP contribution in [0.5, 0.6) is 0 Å². The molecule has 0 bridgehead atoms. The molecule has 19 heavy (non-hydrogen) atoms. The van der Waals surface area contributed by atoms with E-state index in [0.29, 0.717) is 6.54 Å². The van der Waals surface area contributed by atoms with Crippen molar-refractivity contribution >= 4 is 5.82 Å². The molecule has 1 aromatic carbocycles. The van der Waals surface area contributed by atoms with Crippen molar-refractivity contribution < 1.29 is 0 Å². The van der Waals surface area contributed by atoms with Crippen molar-refractivity contribution in [2.45, 2.75) is 33.2 Å². The molecule has 2 aromatic rings. The van der Waals surface area contributed by atoms with Crippen LogP contribution in [-0.4, -0.2) is 9.55 Å². The van der Waals surface area contributed by atoms with Crippen molar-refractivity contribution in [1.29, 1.82) is 0 Å². The van der Waals surface area contributed by atoms with Crippen molar-refractivity contribution in [3.05, 3.63) is 48.3 Å². The molecule has 2 rings (SSSR count). The highest BCUT2D eigenvalue weighted by Gasteiger charge is 2.16. The standard InChI is InChI=1S/C16H21N3/c1-4-11-19-14(6-3)18-15(16(19)17)13-10-8-7-9-12(13)5-2/h4,7-10H,1,5-6,11,17H2,2-3H3. The second-order valence-electron chi connectivity index (χ2n) is 4.53. The van der Waals surface area contributed by atoms with E-state index in [1.165, 1.54) is 5.56 Å². The van der Waals surface area contributed by atoms with Gasteiger partial charge in [0, 0.05) is 18.5 Å². The summed E-state index contributed by atoms with van der Waals surface area (Å²) in [6.07, 6.45) is 3.70. The van der Waals surface area contributed by atoms with Crippen LogP contribution in [0.1, 0.15) is 25.2 Å². The zero-order valence-corrected chi connectivity index (χ0v) is 11.7. The SMILES string of the molecule is C=CCn1c(CC)nc(-c2ccccc2CC)c1N. The molecule has 1 aromatic heterocycles. The molecule has 0 saturated carbocycles. The number of allylic oxidation sites excluding steroid dienone is 1. The number of benzene rings is 1. The van der Waals surface area contributed by atoms with Gasteiger partial charge >= 0.3 is 0 Å². The summed E-state index contributed by atoms with van der Waals surface area (Å²) in [5.41, 5.74) is 9.59. The van der Waals surface area contributed by atoms with Crippen LogP contribution < -0.4 is 5.73 Å². The van der Waals surface area contributed by atoms with E-state index in [9.17, 15) is 0 Å². The molecule has 100 valence electrons. The Morgan fingerprint density at radius 2 is 2.00 bits per heavy atom. The summed E-state index contributed by atoms with van der Waals surface area (Å²) in [5, 5.41) is 0. The highest BCUT2D eigenvalue weighted by atomic mass is 15.1. The Kier molecular flexibility index (Phi) is 4.05. The number of imidazole rings is 1. The Hall–Kier alpha value is -2.03. The fraction of sp³-hybridized carbons (Fsp3) is 0.312. The lowest BCUT2D eigenvalue weighted by Crippen LogP contribution is -2.05. The minimum Gasteiger partial charge on any atom is -0.383 e. The molecule has 0 unspecified atom stereocenters. The third-order valence-electron chi connectivity index (χ3n) is 3.37. The third kappa shape index (κ3) is 2.41. The normalized spacial score (nSPS) is 10.6. The van der Waals surface area contributed by atoms with Gasteiger partial charge in [0.2, 0.25) is 0 Å². The number of hydrogen-bond donors (Lipinski definition) is 1. The summed E-state index contributed by atoms with van der Waals surface area (Å²) < 4.78 is 2.04. The zero-order valence-electron chi connectivity index (χ0n) is 11.7. The van der Waals surface area contributed by atoms with Gasteiger partial charge in [-0.05, 0) is 12.0 Å². The van der Waals surface area contributed by atoms with Crippen molar-refractivity contribution in [2.24, 2.45) is 0 Å². The molecule has 0 fully saturated rings. The fourth-order valence-corrected chi connectivity index (χ4v) is 2.37. The van der Waals surface area contributed by atoms with Crippen LogP contribution in [0.25, 0.3) is 11.3 Å². The first-order valence-electron chi connectivity index (χ1n) is 6.76. The van der Waals surface area contributed by atoms with Crippen LogP contribution in [0.15, 0.2) is 36.9 Å². The van der Waals surface area contributed by atoms with E-state index in [2.05, 4.69) is 38.6 Å². The summed E-state index contributed by atoms with van der Waals surface area (Å²) in [4.78, 5) is 4.72. The average molecular weight is 255 g/mol. The molecule has 0 radical (unpaired) electrons. The first-order chi connectivity index (χ1) is 9.22. The van der Waals surface area contributed by atoms with Crippen molar-refractivity contribution in [3.63, 3.8) is 0 Å². The first kappa shape index (κ1) is 13.4. The monoisotopic (exact) mass is 255 g/mol. The van der Waals surface area contributed by atoms with Gasteiger partial charge in [0.15, 0.2) is 0 Å². The molecular formula is C16H21N3. The molecule has 3 nitrogen and oxygen atoms in total. The predicted octanol–water partition coefficient (Wildman–Crippen LogP) is 3.44. The molecule has 0 saturated heterocycles. The summed E-state index contributed by atoms with van der Waals surface area (Å²) in [6, 6.07) is 8.31. The lowest BCUT2D eigenvalue weighted by Gasteiger charge is -2.07. The Morgan fingerprint density at radius 3 is 2.63 bits per heavy atom. The van der Waals surface area contributed by atoms with Crippen molar-refractivity contribution in [3.8, 4) is 11.3 Å². The predicted molar refractivity (Wildman–Crippen MR) is 81.0 cm³/mol. The van der Waals surface area contributed by atoms with E-state index in [1.807, 2.05) is 16.7 Å². The lowest BCUT2D eigenvalue weighted by molar-refractivity contribution is 0.757. The van der Waals surface area contributed by atoms with Crippen LogP contribution >= 0.6 is 0 Å². The van der Waals surface area contributed by atoms with Crippen LogP contribution in [0.3, 0.4) is 0 Å². The van der Waals surface area contributed by atoms with Gasteiger partial charge < -0.3 is 10.3 Å². The quantitative estimate of drug-likeness (QED) is 0.832. The molecule has 0 aliphatic heterocycles. The van der Waals surface area contributed by atoms with E-state index in [-0.39, 0.29) is 0 Å². The van der Waals surface area contributed by atoms with Crippen LogP contribution in [0.2, 0.25) is 0 Å². The Balaban J connectivity index is 2.59. The fourth-order valence-electron chi connectivity index (χ4n) is 2.37. The molecule has 0 aliphatic carbocycles. The van der Waals surface area contributed by atoms with Gasteiger partial charge in [0.25, 0.3) is 0 Å². The minimum absolute atomic E-state index is 0.705. The van der Waals surface area contributed by atoms with E-state index in [4.69, 9.17) is 10.7 Å². The highest BCUT2D eigenvalue weighted by molar-refractivity contribution is 5.74. The number of aryl methyl sites for hydroxylation is 2. The van der Waals surface area contributed by atoms with Gasteiger partial charge in [-0.2, -0.15) is 0 Å². The second kappa shape index (κ2) is 5.74. The molecule has 0 atom stereocenters. The zero-order chi connectivity index (χ0) is 13.8. The Labute approximate surface area is 114 Å². The maximum absolute atomic E-state index is 6.27. The molecule has 2 N–H and O–H groups in total. The number of nitrogens with two attached hydrogens (primary N) is 1. The number of hydrogen-bond acceptors (Lipinski definition) is 2. The smallest absolute Gasteiger partial charge is 0.132 e. The number of aromatic nitrogens is 2. The number of nitrogens with zero attached hydrogens (tertiary/aromatic N) is 2. The van der Waals surface area contributed by atoms with Gasteiger partial charge in [-0.1, -0.05) is 44.2 Å². The molecular weight excluding hydrogens is 234 g/mol. The third-order valence-corrected chi connectivity index (χ3v) is 3.37. The van der Waals surface area contributed by atoms with Crippen molar-refractivity contribution in [2.75, 3.05) is 5.73 Å². The first-order valence-corrected chi connectivity index (χ1v) is 6.76. The van der Waals surface area contributed by atoms with Gasteiger partial charge in [0.05, 0.1) is 0 Å². The number of rotatable bonds is 5. The molecule has 3 heteroatoms. The molecule has 0 spiro atoms. The second-order valence-corrected chi connectivity index (χ2v) is 4.53. The summed E-state index contributed by atoms with van der Waals surface area (Å²) >= 11 is 0. The van der Waals surface area contributed by atoms with E-state index >= 15 is 0 Å². The Morgan fingerprint density at radius 1 is 1.26 bits per heavy atom. The number of nitrogen functional groups attached to an aromatic ring is 1.